The normalized spacial score (nSPS) is 19.3. The van der Waals surface area contributed by atoms with E-state index in [-0.39, 0.29) is 11.5 Å². The van der Waals surface area contributed by atoms with Crippen LogP contribution in [0.2, 0.25) is 0 Å². The zero-order valence-corrected chi connectivity index (χ0v) is 14.3. The molecule has 23 heavy (non-hydrogen) atoms. The Morgan fingerprint density at radius 1 is 1.09 bits per heavy atom. The number of carbonyl (C=O) groups excluding carboxylic acids is 1. The Bertz CT molecular complexity index is 731. The summed E-state index contributed by atoms with van der Waals surface area (Å²) in [5.41, 5.74) is 1.17. The number of nitrogens with zero attached hydrogens (tertiary/aromatic N) is 1. The van der Waals surface area contributed by atoms with Crippen molar-refractivity contribution < 1.29 is 13.9 Å². The molecule has 0 N–H and O–H groups in total. The van der Waals surface area contributed by atoms with Crippen LogP contribution in [0.3, 0.4) is 0 Å². The highest BCUT2D eigenvalue weighted by molar-refractivity contribution is 9.10. The topological polar surface area (TPSA) is 42.7 Å². The van der Waals surface area contributed by atoms with Gasteiger partial charge in [0.05, 0.1) is 0 Å². The first-order valence-electron chi connectivity index (χ1n) is 7.97. The number of amides is 1. The number of fused-ring (bicyclic) bond motifs is 1. The van der Waals surface area contributed by atoms with Gasteiger partial charge in [-0.15, -0.1) is 0 Å². The van der Waals surface area contributed by atoms with Crippen LogP contribution in [0.4, 0.5) is 0 Å². The second-order valence-corrected chi connectivity index (χ2v) is 7.07. The molecular weight excluding hydrogens is 358 g/mol. The van der Waals surface area contributed by atoms with E-state index in [9.17, 15) is 4.79 Å². The molecule has 2 aliphatic rings. The number of para-hydroxylation sites is 1. The van der Waals surface area contributed by atoms with Crippen molar-refractivity contribution in [1.82, 2.24) is 4.90 Å². The zero-order valence-electron chi connectivity index (χ0n) is 12.8. The van der Waals surface area contributed by atoms with Gasteiger partial charge in [0.25, 0.3) is 5.91 Å². The number of rotatable bonds is 1. The van der Waals surface area contributed by atoms with Crippen molar-refractivity contribution in [2.75, 3.05) is 13.1 Å². The Hall–Kier alpha value is -1.75. The van der Waals surface area contributed by atoms with Gasteiger partial charge < -0.3 is 14.1 Å². The van der Waals surface area contributed by atoms with Crippen molar-refractivity contribution in [2.45, 2.75) is 31.3 Å². The molecule has 1 aromatic carbocycles. The summed E-state index contributed by atoms with van der Waals surface area (Å²) in [7, 11) is 0. The minimum absolute atomic E-state index is 0.0400. The molecule has 120 valence electrons. The molecule has 0 radical (unpaired) electrons. The predicted molar refractivity (Wildman–Crippen MR) is 89.7 cm³/mol. The number of ether oxygens (including phenoxy) is 1. The molecule has 0 aliphatic carbocycles. The van der Waals surface area contributed by atoms with E-state index >= 15 is 0 Å². The smallest absolute Gasteiger partial charge is 0.289 e. The van der Waals surface area contributed by atoms with Crippen LogP contribution in [0, 0.1) is 0 Å². The van der Waals surface area contributed by atoms with Gasteiger partial charge in [-0.3, -0.25) is 4.79 Å². The van der Waals surface area contributed by atoms with Gasteiger partial charge in [-0.2, -0.15) is 0 Å². The number of halogens is 1. The van der Waals surface area contributed by atoms with Gasteiger partial charge in [-0.25, -0.2) is 0 Å². The summed E-state index contributed by atoms with van der Waals surface area (Å²) in [5, 5.41) is 0. The minimum Gasteiger partial charge on any atom is -0.487 e. The first kappa shape index (κ1) is 14.8. The highest BCUT2D eigenvalue weighted by Crippen LogP contribution is 2.39. The highest BCUT2D eigenvalue weighted by Gasteiger charge is 2.40. The summed E-state index contributed by atoms with van der Waals surface area (Å²) < 4.78 is 12.3. The maximum Gasteiger partial charge on any atom is 0.289 e. The lowest BCUT2D eigenvalue weighted by Gasteiger charge is -2.44. The van der Waals surface area contributed by atoms with E-state index < -0.39 is 0 Å². The molecule has 0 atom stereocenters. The van der Waals surface area contributed by atoms with E-state index in [1.807, 2.05) is 17.0 Å². The van der Waals surface area contributed by atoms with Crippen LogP contribution in [0.25, 0.3) is 0 Å². The third-order valence-corrected chi connectivity index (χ3v) is 5.32. The fourth-order valence-corrected chi connectivity index (χ4v) is 3.82. The minimum atomic E-state index is -0.116. The van der Waals surface area contributed by atoms with Gasteiger partial charge in [0.2, 0.25) is 0 Å². The van der Waals surface area contributed by atoms with Crippen molar-refractivity contribution in [3.63, 3.8) is 0 Å². The van der Waals surface area contributed by atoms with Gasteiger partial charge in [0.1, 0.15) is 11.4 Å². The summed E-state index contributed by atoms with van der Waals surface area (Å²) in [4.78, 5) is 14.3. The molecule has 0 unspecified atom stereocenters. The van der Waals surface area contributed by atoms with Crippen molar-refractivity contribution in [2.24, 2.45) is 0 Å². The number of benzene rings is 1. The molecule has 1 aromatic heterocycles. The van der Waals surface area contributed by atoms with Gasteiger partial charge in [0.15, 0.2) is 10.4 Å². The number of aryl methyl sites for hydroxylation is 1. The number of hydrogen-bond donors (Lipinski definition) is 0. The Morgan fingerprint density at radius 2 is 1.87 bits per heavy atom. The van der Waals surface area contributed by atoms with Crippen LogP contribution < -0.4 is 4.74 Å². The number of carbonyl (C=O) groups is 1. The molecule has 1 spiro atoms. The highest BCUT2D eigenvalue weighted by atomic mass is 79.9. The van der Waals surface area contributed by atoms with Crippen LogP contribution in [0.1, 0.15) is 35.4 Å². The summed E-state index contributed by atoms with van der Waals surface area (Å²) in [6, 6.07) is 11.7. The van der Waals surface area contributed by atoms with Crippen molar-refractivity contribution in [3.05, 3.63) is 52.4 Å². The number of piperidine rings is 1. The van der Waals surface area contributed by atoms with Crippen LogP contribution in [0.5, 0.6) is 5.75 Å². The van der Waals surface area contributed by atoms with Crippen LogP contribution in [-0.2, 0) is 6.42 Å². The summed E-state index contributed by atoms with van der Waals surface area (Å²) in [6.45, 7) is 1.42. The molecule has 1 amide bonds. The average Bonchev–Trinajstić information content (AvgIpc) is 3.01. The van der Waals surface area contributed by atoms with E-state index in [1.165, 1.54) is 5.56 Å². The molecule has 0 saturated carbocycles. The number of likely N-dealkylation sites (tertiary alicyclic amines) is 1. The third kappa shape index (κ3) is 2.78. The Labute approximate surface area is 143 Å². The quantitative estimate of drug-likeness (QED) is 0.755. The van der Waals surface area contributed by atoms with Gasteiger partial charge in [-0.1, -0.05) is 18.2 Å². The van der Waals surface area contributed by atoms with Crippen LogP contribution in [-0.4, -0.2) is 29.5 Å². The summed E-state index contributed by atoms with van der Waals surface area (Å²) in [5.74, 6) is 1.36. The predicted octanol–water partition coefficient (Wildman–Crippen LogP) is 4.04. The summed E-state index contributed by atoms with van der Waals surface area (Å²) in [6.07, 6.45) is 3.82. The lowest BCUT2D eigenvalue weighted by Crippen LogP contribution is -2.51. The molecule has 1 saturated heterocycles. The monoisotopic (exact) mass is 375 g/mol. The Balaban J connectivity index is 1.44. The van der Waals surface area contributed by atoms with Crippen LogP contribution in [0.15, 0.2) is 45.5 Å². The third-order valence-electron chi connectivity index (χ3n) is 4.89. The largest absolute Gasteiger partial charge is 0.487 e. The van der Waals surface area contributed by atoms with E-state index in [1.54, 1.807) is 12.1 Å². The lowest BCUT2D eigenvalue weighted by atomic mass is 9.83. The maximum absolute atomic E-state index is 12.5. The van der Waals surface area contributed by atoms with Gasteiger partial charge >= 0.3 is 0 Å². The summed E-state index contributed by atoms with van der Waals surface area (Å²) >= 11 is 3.24. The second-order valence-electron chi connectivity index (χ2n) is 6.29. The fraction of sp³-hybridized carbons (Fsp3) is 0.389. The van der Waals surface area contributed by atoms with Crippen molar-refractivity contribution in [3.8, 4) is 5.75 Å². The SMILES string of the molecule is O=C(c1ccc(Br)o1)N1CCC2(CCc3ccccc3O2)CC1. The molecule has 4 rings (SSSR count). The van der Waals surface area contributed by atoms with E-state index in [0.29, 0.717) is 23.5 Å². The standard InChI is InChI=1S/C18H18BrNO3/c19-16-6-5-15(22-16)17(21)20-11-9-18(10-12-20)8-7-13-3-1-2-4-14(13)23-18/h1-6H,7-12H2. The molecule has 2 aliphatic heterocycles. The molecular formula is C18H18BrNO3. The fourth-order valence-electron chi connectivity index (χ4n) is 3.51. The maximum atomic E-state index is 12.5. The molecule has 3 heterocycles. The molecule has 1 fully saturated rings. The van der Waals surface area contributed by atoms with Gasteiger partial charge in [-0.05, 0) is 52.5 Å². The Kier molecular flexibility index (Phi) is 3.68. The van der Waals surface area contributed by atoms with E-state index in [2.05, 4.69) is 28.1 Å². The zero-order chi connectivity index (χ0) is 15.9. The average molecular weight is 376 g/mol. The van der Waals surface area contributed by atoms with Crippen LogP contribution >= 0.6 is 15.9 Å². The molecule has 2 aromatic rings. The Morgan fingerprint density at radius 3 is 2.61 bits per heavy atom. The first-order valence-corrected chi connectivity index (χ1v) is 8.76. The second kappa shape index (κ2) is 5.71. The molecule has 4 nitrogen and oxygen atoms in total. The van der Waals surface area contributed by atoms with Crippen molar-refractivity contribution >= 4 is 21.8 Å². The van der Waals surface area contributed by atoms with Gasteiger partial charge in [0, 0.05) is 25.9 Å². The van der Waals surface area contributed by atoms with E-state index in [4.69, 9.17) is 9.15 Å². The molecule has 5 heteroatoms. The number of hydrogen-bond acceptors (Lipinski definition) is 3. The van der Waals surface area contributed by atoms with E-state index in [0.717, 1.165) is 31.4 Å². The first-order chi connectivity index (χ1) is 11.2. The molecule has 0 bridgehead atoms. The number of furan rings is 1. The van der Waals surface area contributed by atoms with Crippen molar-refractivity contribution in [1.29, 1.82) is 0 Å². The lowest BCUT2D eigenvalue weighted by molar-refractivity contribution is -0.0114.